The first-order valence-electron chi connectivity index (χ1n) is 4.31. The minimum absolute atomic E-state index is 0.0364. The lowest BCUT2D eigenvalue weighted by Crippen LogP contribution is -2.54. The minimum Gasteiger partial charge on any atom is -0.380 e. The van der Waals surface area contributed by atoms with Crippen molar-refractivity contribution in [3.8, 4) is 0 Å². The van der Waals surface area contributed by atoms with Crippen LogP contribution >= 0.6 is 0 Å². The van der Waals surface area contributed by atoms with Crippen molar-refractivity contribution in [2.24, 2.45) is 0 Å². The largest absolute Gasteiger partial charge is 0.417 e. The third-order valence-corrected chi connectivity index (χ3v) is 2.56. The summed E-state index contributed by atoms with van der Waals surface area (Å²) >= 11 is 0. The lowest BCUT2D eigenvalue weighted by Gasteiger charge is -2.38. The molecule has 1 saturated heterocycles. The number of hydrogen-bond acceptors (Lipinski definition) is 2. The van der Waals surface area contributed by atoms with Gasteiger partial charge in [0.05, 0.1) is 0 Å². The first-order chi connectivity index (χ1) is 6.26. The Balaban J connectivity index is 2.62. The zero-order chi connectivity index (χ0) is 11.0. The maximum Gasteiger partial charge on any atom is 0.417 e. The second-order valence-electron chi connectivity index (χ2n) is 3.54. The molecule has 3 nitrogen and oxygen atoms in total. The molecule has 0 unspecified atom stereocenters. The number of piperidine rings is 1. The van der Waals surface area contributed by atoms with Crippen molar-refractivity contribution in [2.45, 2.75) is 31.5 Å². The zero-order valence-corrected chi connectivity index (χ0v) is 7.76. The summed E-state index contributed by atoms with van der Waals surface area (Å²) in [5, 5.41) is 9.24. The van der Waals surface area contributed by atoms with E-state index in [9.17, 15) is 23.1 Å². The highest BCUT2D eigenvalue weighted by molar-refractivity contribution is 5.73. The number of likely N-dealkylation sites (tertiary alicyclic amines) is 1. The Bertz CT molecular complexity index is 231. The second-order valence-corrected chi connectivity index (χ2v) is 3.54. The van der Waals surface area contributed by atoms with E-state index in [1.165, 1.54) is 11.8 Å². The highest BCUT2D eigenvalue weighted by atomic mass is 19.4. The molecule has 0 atom stereocenters. The van der Waals surface area contributed by atoms with Gasteiger partial charge in [0.2, 0.25) is 5.91 Å². The third-order valence-electron chi connectivity index (χ3n) is 2.56. The molecule has 1 fully saturated rings. The maximum absolute atomic E-state index is 12.3. The van der Waals surface area contributed by atoms with Gasteiger partial charge in [0.15, 0.2) is 5.60 Å². The number of alkyl halides is 3. The fourth-order valence-electron chi connectivity index (χ4n) is 1.48. The predicted molar refractivity (Wildman–Crippen MR) is 42.5 cm³/mol. The summed E-state index contributed by atoms with van der Waals surface area (Å²) in [6.45, 7) is 1.23. The van der Waals surface area contributed by atoms with E-state index in [0.717, 1.165) is 0 Å². The molecule has 0 aromatic rings. The first-order valence-corrected chi connectivity index (χ1v) is 4.31. The average Bonchev–Trinajstić information content (AvgIpc) is 2.03. The molecule has 1 aliphatic heterocycles. The van der Waals surface area contributed by atoms with Crippen LogP contribution in [0.4, 0.5) is 13.2 Å². The van der Waals surface area contributed by atoms with Gasteiger partial charge in [-0.05, 0) is 0 Å². The fraction of sp³-hybridized carbons (Fsp3) is 0.875. The van der Waals surface area contributed by atoms with Gasteiger partial charge in [0, 0.05) is 32.9 Å². The van der Waals surface area contributed by atoms with Crippen molar-refractivity contribution in [1.82, 2.24) is 4.90 Å². The lowest BCUT2D eigenvalue weighted by atomic mass is 9.91. The number of nitrogens with zero attached hydrogens (tertiary/aromatic N) is 1. The van der Waals surface area contributed by atoms with Gasteiger partial charge in [-0.15, -0.1) is 0 Å². The first kappa shape index (κ1) is 11.3. The molecule has 0 aliphatic carbocycles. The predicted octanol–water partition coefficient (Wildman–Crippen LogP) is 0.922. The number of hydrogen-bond donors (Lipinski definition) is 1. The van der Waals surface area contributed by atoms with Crippen LogP contribution < -0.4 is 0 Å². The van der Waals surface area contributed by atoms with Crippen molar-refractivity contribution < 1.29 is 23.1 Å². The summed E-state index contributed by atoms with van der Waals surface area (Å²) in [7, 11) is 0. The van der Waals surface area contributed by atoms with E-state index in [2.05, 4.69) is 0 Å². The Hall–Kier alpha value is -0.780. The Morgan fingerprint density at radius 3 is 2.07 bits per heavy atom. The number of halogens is 3. The lowest BCUT2D eigenvalue weighted by molar-refractivity contribution is -0.272. The van der Waals surface area contributed by atoms with Crippen LogP contribution in [0.1, 0.15) is 19.8 Å². The van der Waals surface area contributed by atoms with Crippen molar-refractivity contribution in [3.63, 3.8) is 0 Å². The SMILES string of the molecule is CC(=O)N1CCC(O)(C(F)(F)F)CC1. The van der Waals surface area contributed by atoms with Gasteiger partial charge in [-0.3, -0.25) is 4.79 Å². The summed E-state index contributed by atoms with van der Waals surface area (Å²) < 4.78 is 36.9. The molecule has 0 aromatic heterocycles. The Kier molecular flexibility index (Phi) is 2.76. The number of carbonyl (C=O) groups is 1. The van der Waals surface area contributed by atoms with Crippen LogP contribution in [0.25, 0.3) is 0 Å². The molecular formula is C8H12F3NO2. The zero-order valence-electron chi connectivity index (χ0n) is 7.76. The standard InChI is InChI=1S/C8H12F3NO2/c1-6(13)12-4-2-7(14,3-5-12)8(9,10)11/h14H,2-5H2,1H3. The molecule has 6 heteroatoms. The number of rotatable bonds is 0. The molecule has 14 heavy (non-hydrogen) atoms. The Morgan fingerprint density at radius 1 is 1.36 bits per heavy atom. The average molecular weight is 211 g/mol. The molecule has 0 spiro atoms. The van der Waals surface area contributed by atoms with Crippen LogP contribution in [0.3, 0.4) is 0 Å². The fourth-order valence-corrected chi connectivity index (χ4v) is 1.48. The van der Waals surface area contributed by atoms with E-state index in [-0.39, 0.29) is 19.0 Å². The molecular weight excluding hydrogens is 199 g/mol. The Labute approximate surface area is 79.5 Å². The van der Waals surface area contributed by atoms with Gasteiger partial charge in [0.1, 0.15) is 0 Å². The Morgan fingerprint density at radius 2 is 1.79 bits per heavy atom. The smallest absolute Gasteiger partial charge is 0.380 e. The normalized spacial score (nSPS) is 22.2. The van der Waals surface area contributed by atoms with Gasteiger partial charge in [-0.25, -0.2) is 0 Å². The van der Waals surface area contributed by atoms with Crippen LogP contribution in [0.15, 0.2) is 0 Å². The van der Waals surface area contributed by atoms with E-state index >= 15 is 0 Å². The van der Waals surface area contributed by atoms with E-state index < -0.39 is 24.6 Å². The molecule has 82 valence electrons. The molecule has 0 radical (unpaired) electrons. The summed E-state index contributed by atoms with van der Waals surface area (Å²) in [5.74, 6) is -0.255. The molecule has 1 aliphatic rings. The van der Waals surface area contributed by atoms with E-state index in [1.54, 1.807) is 0 Å². The van der Waals surface area contributed by atoms with E-state index in [0.29, 0.717) is 0 Å². The van der Waals surface area contributed by atoms with Crippen LogP contribution in [-0.4, -0.2) is 40.8 Å². The molecule has 1 heterocycles. The van der Waals surface area contributed by atoms with Gasteiger partial charge >= 0.3 is 6.18 Å². The summed E-state index contributed by atoms with van der Waals surface area (Å²) in [6.07, 6.45) is -5.47. The molecule has 0 saturated carbocycles. The second kappa shape index (κ2) is 3.42. The van der Waals surface area contributed by atoms with Crippen LogP contribution in [0.5, 0.6) is 0 Å². The summed E-state index contributed by atoms with van der Waals surface area (Å²) in [6, 6.07) is 0. The molecule has 1 N–H and O–H groups in total. The molecule has 0 bridgehead atoms. The number of carbonyl (C=O) groups excluding carboxylic acids is 1. The third kappa shape index (κ3) is 2.00. The number of amides is 1. The van der Waals surface area contributed by atoms with E-state index in [4.69, 9.17) is 0 Å². The summed E-state index contributed by atoms with van der Waals surface area (Å²) in [4.78, 5) is 12.1. The summed E-state index contributed by atoms with van der Waals surface area (Å²) in [5.41, 5.74) is -2.61. The van der Waals surface area contributed by atoms with Gasteiger partial charge in [-0.1, -0.05) is 0 Å². The minimum atomic E-state index is -4.60. The molecule has 1 rings (SSSR count). The molecule has 1 amide bonds. The molecule has 0 aromatic carbocycles. The monoisotopic (exact) mass is 211 g/mol. The van der Waals surface area contributed by atoms with Crippen molar-refractivity contribution in [2.75, 3.05) is 13.1 Å². The van der Waals surface area contributed by atoms with Crippen molar-refractivity contribution in [1.29, 1.82) is 0 Å². The van der Waals surface area contributed by atoms with Crippen LogP contribution in [-0.2, 0) is 4.79 Å². The van der Waals surface area contributed by atoms with Crippen LogP contribution in [0, 0.1) is 0 Å². The quantitative estimate of drug-likeness (QED) is 0.647. The maximum atomic E-state index is 12.3. The van der Waals surface area contributed by atoms with Crippen LogP contribution in [0.2, 0.25) is 0 Å². The van der Waals surface area contributed by atoms with Gasteiger partial charge < -0.3 is 10.0 Å². The van der Waals surface area contributed by atoms with Gasteiger partial charge in [-0.2, -0.15) is 13.2 Å². The van der Waals surface area contributed by atoms with Gasteiger partial charge in [0.25, 0.3) is 0 Å². The highest BCUT2D eigenvalue weighted by Gasteiger charge is 2.54. The highest BCUT2D eigenvalue weighted by Crippen LogP contribution is 2.38. The number of aliphatic hydroxyl groups is 1. The van der Waals surface area contributed by atoms with E-state index in [1.807, 2.05) is 0 Å². The van der Waals surface area contributed by atoms with Crippen molar-refractivity contribution in [3.05, 3.63) is 0 Å². The van der Waals surface area contributed by atoms with Crippen molar-refractivity contribution >= 4 is 5.91 Å². The topological polar surface area (TPSA) is 40.5 Å².